The van der Waals surface area contributed by atoms with Crippen molar-refractivity contribution >= 4 is 0 Å². The van der Waals surface area contributed by atoms with Crippen LogP contribution in [0.4, 0.5) is 0 Å². The zero-order valence-electron chi connectivity index (χ0n) is 22.8. The molecule has 0 radical (unpaired) electrons. The molecule has 3 rings (SSSR count). The highest BCUT2D eigenvalue weighted by Gasteiger charge is 2.60. The summed E-state index contributed by atoms with van der Waals surface area (Å²) in [4.78, 5) is 0. The van der Waals surface area contributed by atoms with Gasteiger partial charge >= 0.3 is 0 Å². The number of hydrogen-bond donors (Lipinski definition) is 2. The van der Waals surface area contributed by atoms with E-state index in [0.717, 1.165) is 13.0 Å². The minimum atomic E-state index is -0.734. The maximum atomic E-state index is 10.3. The Bertz CT molecular complexity index is 602. The van der Waals surface area contributed by atoms with E-state index in [1.54, 1.807) is 0 Å². The first kappa shape index (κ1) is 29.2. The molecule has 0 aromatic rings. The summed E-state index contributed by atoms with van der Waals surface area (Å²) in [5, 5.41) is 13.6. The monoisotopic (exact) mass is 501 g/mol. The summed E-state index contributed by atoms with van der Waals surface area (Å²) in [6.45, 7) is 11.8. The summed E-state index contributed by atoms with van der Waals surface area (Å²) in [7, 11) is 0. The molecule has 3 aliphatic rings. The molecular weight excluding hydrogens is 450 g/mol. The van der Waals surface area contributed by atoms with Gasteiger partial charge in [-0.25, -0.2) is 0 Å². The van der Waals surface area contributed by atoms with E-state index in [2.05, 4.69) is 12.2 Å². The molecule has 206 valence electrons. The highest BCUT2D eigenvalue weighted by atomic mass is 16.9. The second-order valence-electron chi connectivity index (χ2n) is 11.3. The van der Waals surface area contributed by atoms with E-state index in [1.807, 2.05) is 27.7 Å². The van der Waals surface area contributed by atoms with Gasteiger partial charge in [0, 0.05) is 6.54 Å². The zero-order valence-corrected chi connectivity index (χ0v) is 22.8. The lowest BCUT2D eigenvalue weighted by molar-refractivity contribution is -0.243. The van der Waals surface area contributed by atoms with Crippen LogP contribution >= 0.6 is 0 Å². The molecule has 0 bridgehead atoms. The van der Waals surface area contributed by atoms with Crippen LogP contribution in [-0.2, 0) is 28.4 Å². The summed E-state index contributed by atoms with van der Waals surface area (Å²) in [5.41, 5.74) is 0. The third-order valence-corrected chi connectivity index (χ3v) is 6.93. The molecule has 0 aliphatic carbocycles. The fraction of sp³-hybridized carbons (Fsp3) is 1.00. The van der Waals surface area contributed by atoms with E-state index in [-0.39, 0.29) is 31.0 Å². The minimum Gasteiger partial charge on any atom is -0.389 e. The average molecular weight is 502 g/mol. The Morgan fingerprint density at radius 2 is 1.34 bits per heavy atom. The van der Waals surface area contributed by atoms with Gasteiger partial charge < -0.3 is 38.8 Å². The van der Waals surface area contributed by atoms with Crippen LogP contribution in [0.1, 0.15) is 98.8 Å². The normalized spacial score (nSPS) is 31.9. The van der Waals surface area contributed by atoms with Crippen LogP contribution in [0, 0.1) is 0 Å². The molecule has 0 aromatic carbocycles. The lowest BCUT2D eigenvalue weighted by Gasteiger charge is -2.37. The Hall–Kier alpha value is -0.320. The van der Waals surface area contributed by atoms with Crippen molar-refractivity contribution in [2.24, 2.45) is 0 Å². The van der Waals surface area contributed by atoms with Gasteiger partial charge in [-0.1, -0.05) is 64.7 Å². The Labute approximate surface area is 212 Å². The lowest BCUT2D eigenvalue weighted by atomic mass is 9.99. The first-order valence-corrected chi connectivity index (χ1v) is 14.0. The Kier molecular flexibility index (Phi) is 11.7. The Morgan fingerprint density at radius 1 is 0.771 bits per heavy atom. The largest absolute Gasteiger partial charge is 0.389 e. The van der Waals surface area contributed by atoms with Crippen molar-refractivity contribution < 1.29 is 33.5 Å². The van der Waals surface area contributed by atoms with Gasteiger partial charge in [-0.05, 0) is 40.7 Å². The SMILES string of the molecule is CCCCCCCCCCCCNCC(O)COCC1O[C@@H]2OC(C)(C)O[C@@H]2[C@H]2OC(C)(C)O[C@@H]12. The van der Waals surface area contributed by atoms with Gasteiger partial charge in [0.15, 0.2) is 17.9 Å². The number of nitrogens with one attached hydrogen (secondary N) is 1. The van der Waals surface area contributed by atoms with Crippen molar-refractivity contribution in [2.45, 2.75) is 147 Å². The zero-order chi connectivity index (χ0) is 25.3. The summed E-state index contributed by atoms with van der Waals surface area (Å²) in [5.74, 6) is -1.46. The number of rotatable bonds is 17. The molecule has 0 saturated carbocycles. The molecular formula is C27H51NO7. The molecule has 0 amide bonds. The number of fused-ring (bicyclic) bond motifs is 3. The fourth-order valence-electron chi connectivity index (χ4n) is 5.21. The molecule has 2 unspecified atom stereocenters. The van der Waals surface area contributed by atoms with Gasteiger partial charge in [0.25, 0.3) is 0 Å². The molecule has 8 heteroatoms. The standard InChI is InChI=1S/C27H51NO7/c1-6-7-8-9-10-11-12-13-14-15-16-28-17-20(29)18-30-19-21-22-23(33-26(2,3)32-22)24-25(31-21)35-27(4,5)34-24/h20-25,28-29H,6-19H2,1-5H3/t20?,21?,22-,23-,24+,25+/m0/s1. The summed E-state index contributed by atoms with van der Waals surface area (Å²) in [6, 6.07) is 0. The highest BCUT2D eigenvalue weighted by molar-refractivity contribution is 5.00. The topological polar surface area (TPSA) is 87.6 Å². The van der Waals surface area contributed by atoms with Crippen LogP contribution in [0.5, 0.6) is 0 Å². The molecule has 2 N–H and O–H groups in total. The van der Waals surface area contributed by atoms with Crippen LogP contribution in [0.2, 0.25) is 0 Å². The van der Waals surface area contributed by atoms with Crippen LogP contribution in [-0.4, -0.2) is 79.8 Å². The summed E-state index contributed by atoms with van der Waals surface area (Å²) in [6.07, 6.45) is 10.9. The first-order valence-electron chi connectivity index (χ1n) is 14.0. The molecule has 3 fully saturated rings. The molecule has 6 atom stereocenters. The number of ether oxygens (including phenoxy) is 6. The van der Waals surface area contributed by atoms with Crippen molar-refractivity contribution in [1.29, 1.82) is 0 Å². The van der Waals surface area contributed by atoms with Gasteiger partial charge in [0.05, 0.1) is 19.3 Å². The highest BCUT2D eigenvalue weighted by Crippen LogP contribution is 2.44. The molecule has 0 spiro atoms. The van der Waals surface area contributed by atoms with Crippen LogP contribution < -0.4 is 5.32 Å². The van der Waals surface area contributed by atoms with Crippen LogP contribution in [0.3, 0.4) is 0 Å². The average Bonchev–Trinajstić information content (AvgIpc) is 3.28. The maximum absolute atomic E-state index is 10.3. The van der Waals surface area contributed by atoms with Crippen molar-refractivity contribution in [3.63, 3.8) is 0 Å². The summed E-state index contributed by atoms with van der Waals surface area (Å²) >= 11 is 0. The third-order valence-electron chi connectivity index (χ3n) is 6.93. The Balaban J connectivity index is 1.24. The van der Waals surface area contributed by atoms with Crippen molar-refractivity contribution in [1.82, 2.24) is 5.32 Å². The first-order chi connectivity index (χ1) is 16.7. The van der Waals surface area contributed by atoms with E-state index in [0.29, 0.717) is 13.2 Å². The molecule has 0 aromatic heterocycles. The molecule has 8 nitrogen and oxygen atoms in total. The van der Waals surface area contributed by atoms with E-state index < -0.39 is 24.0 Å². The van der Waals surface area contributed by atoms with Crippen molar-refractivity contribution in [2.75, 3.05) is 26.3 Å². The fourth-order valence-corrected chi connectivity index (χ4v) is 5.21. The predicted molar refractivity (Wildman–Crippen MR) is 134 cm³/mol. The number of hydrogen-bond acceptors (Lipinski definition) is 8. The Morgan fingerprint density at radius 3 is 2.03 bits per heavy atom. The number of aliphatic hydroxyl groups is 1. The second kappa shape index (κ2) is 14.0. The van der Waals surface area contributed by atoms with Gasteiger partial charge in [-0.2, -0.15) is 0 Å². The van der Waals surface area contributed by atoms with Crippen LogP contribution in [0.15, 0.2) is 0 Å². The van der Waals surface area contributed by atoms with E-state index in [4.69, 9.17) is 28.4 Å². The second-order valence-corrected chi connectivity index (χ2v) is 11.3. The van der Waals surface area contributed by atoms with E-state index in [1.165, 1.54) is 57.8 Å². The molecule has 35 heavy (non-hydrogen) atoms. The summed E-state index contributed by atoms with van der Waals surface area (Å²) < 4.78 is 36.1. The van der Waals surface area contributed by atoms with Gasteiger partial charge in [0.1, 0.15) is 24.4 Å². The lowest BCUT2D eigenvalue weighted by Crippen LogP contribution is -2.56. The van der Waals surface area contributed by atoms with E-state index >= 15 is 0 Å². The minimum absolute atomic E-state index is 0.240. The van der Waals surface area contributed by atoms with Gasteiger partial charge in [0.2, 0.25) is 0 Å². The van der Waals surface area contributed by atoms with Crippen molar-refractivity contribution in [3.05, 3.63) is 0 Å². The predicted octanol–water partition coefficient (Wildman–Crippen LogP) is 4.27. The number of aliphatic hydroxyl groups excluding tert-OH is 1. The third kappa shape index (κ3) is 9.49. The van der Waals surface area contributed by atoms with Gasteiger partial charge in [-0.15, -0.1) is 0 Å². The molecule has 3 heterocycles. The van der Waals surface area contributed by atoms with Gasteiger partial charge in [-0.3, -0.25) is 0 Å². The molecule has 3 saturated heterocycles. The smallest absolute Gasteiger partial charge is 0.190 e. The quantitative estimate of drug-likeness (QED) is 0.286. The maximum Gasteiger partial charge on any atom is 0.190 e. The van der Waals surface area contributed by atoms with Crippen molar-refractivity contribution in [3.8, 4) is 0 Å². The molecule has 3 aliphatic heterocycles. The number of unbranched alkanes of at least 4 members (excludes halogenated alkanes) is 9. The van der Waals surface area contributed by atoms with E-state index in [9.17, 15) is 5.11 Å². The van der Waals surface area contributed by atoms with Crippen LogP contribution in [0.25, 0.3) is 0 Å².